The molecule has 1 heterocycles. The molecule has 0 radical (unpaired) electrons. The Morgan fingerprint density at radius 2 is 1.80 bits per heavy atom. The maximum atomic E-state index is 8.43. The molecule has 2 aromatic rings. The van der Waals surface area contributed by atoms with Crippen molar-refractivity contribution in [2.45, 2.75) is 13.0 Å². The molecule has 2 rings (SSSR count). The van der Waals surface area contributed by atoms with E-state index in [1.54, 1.807) is 0 Å². The Morgan fingerprint density at radius 1 is 1.05 bits per heavy atom. The summed E-state index contributed by atoms with van der Waals surface area (Å²) in [5, 5.41) is 11.8. The summed E-state index contributed by atoms with van der Waals surface area (Å²) in [4.78, 5) is 4.00. The van der Waals surface area contributed by atoms with Crippen molar-refractivity contribution in [1.29, 1.82) is 5.26 Å². The van der Waals surface area contributed by atoms with Crippen LogP contribution in [0, 0.1) is 11.3 Å². The number of pyridine rings is 1. The second-order valence-electron chi connectivity index (χ2n) is 4.37. The van der Waals surface area contributed by atoms with E-state index in [-0.39, 0.29) is 6.61 Å². The Bertz CT molecular complexity index is 546. The molecule has 1 aromatic carbocycles. The summed E-state index contributed by atoms with van der Waals surface area (Å²) in [5.41, 5.74) is 2.48. The third-order valence-corrected chi connectivity index (χ3v) is 2.90. The van der Waals surface area contributed by atoms with Gasteiger partial charge in [-0.3, -0.25) is 4.98 Å². The number of ether oxygens (including phenoxy) is 1. The van der Waals surface area contributed by atoms with Crippen molar-refractivity contribution in [3.05, 3.63) is 59.9 Å². The van der Waals surface area contributed by atoms with Crippen molar-refractivity contribution in [2.24, 2.45) is 0 Å². The van der Waals surface area contributed by atoms with Gasteiger partial charge in [-0.15, -0.1) is 0 Å². The highest BCUT2D eigenvalue weighted by atomic mass is 16.5. The molecular weight excluding hydrogens is 250 g/mol. The average molecular weight is 267 g/mol. The summed E-state index contributed by atoms with van der Waals surface area (Å²) in [6, 6.07) is 13.8. The molecule has 1 N–H and O–H groups in total. The van der Waals surface area contributed by atoms with E-state index in [1.807, 2.05) is 54.9 Å². The van der Waals surface area contributed by atoms with Crippen LogP contribution in [0.4, 0.5) is 0 Å². The molecule has 20 heavy (non-hydrogen) atoms. The summed E-state index contributed by atoms with van der Waals surface area (Å²) in [5.74, 6) is 0.729. The number of nitriles is 1. The second kappa shape index (κ2) is 7.93. The van der Waals surface area contributed by atoms with E-state index in [2.05, 4.69) is 10.3 Å². The van der Waals surface area contributed by atoms with E-state index in [0.29, 0.717) is 0 Å². The molecule has 0 fully saturated rings. The van der Waals surface area contributed by atoms with Crippen LogP contribution in [-0.4, -0.2) is 18.1 Å². The Labute approximate surface area is 119 Å². The van der Waals surface area contributed by atoms with E-state index in [1.165, 1.54) is 11.1 Å². The van der Waals surface area contributed by atoms with Crippen LogP contribution in [0.15, 0.2) is 48.8 Å². The van der Waals surface area contributed by atoms with Crippen LogP contribution in [0.2, 0.25) is 0 Å². The molecule has 0 saturated heterocycles. The predicted octanol–water partition coefficient (Wildman–Crippen LogP) is 2.32. The topological polar surface area (TPSA) is 57.9 Å². The SMILES string of the molecule is N#CCOc1ccc(CNCCc2ccncc2)cc1. The first kappa shape index (κ1) is 14.0. The van der Waals surface area contributed by atoms with Crippen LogP contribution in [-0.2, 0) is 13.0 Å². The third-order valence-electron chi connectivity index (χ3n) is 2.90. The molecule has 0 saturated carbocycles. The quantitative estimate of drug-likeness (QED) is 0.782. The lowest BCUT2D eigenvalue weighted by Gasteiger charge is -2.06. The Balaban J connectivity index is 1.70. The minimum Gasteiger partial charge on any atom is -0.479 e. The number of hydrogen-bond donors (Lipinski definition) is 1. The van der Waals surface area contributed by atoms with Gasteiger partial charge in [0.15, 0.2) is 6.61 Å². The summed E-state index contributed by atoms with van der Waals surface area (Å²) < 4.78 is 5.21. The van der Waals surface area contributed by atoms with Crippen LogP contribution >= 0.6 is 0 Å². The van der Waals surface area contributed by atoms with Gasteiger partial charge >= 0.3 is 0 Å². The molecule has 0 unspecified atom stereocenters. The normalized spacial score (nSPS) is 9.95. The van der Waals surface area contributed by atoms with E-state index >= 15 is 0 Å². The monoisotopic (exact) mass is 267 g/mol. The molecular formula is C16H17N3O. The molecule has 0 spiro atoms. The first-order chi connectivity index (χ1) is 9.88. The van der Waals surface area contributed by atoms with Crippen LogP contribution in [0.1, 0.15) is 11.1 Å². The van der Waals surface area contributed by atoms with Gasteiger partial charge in [-0.05, 0) is 48.4 Å². The lowest BCUT2D eigenvalue weighted by atomic mass is 10.2. The van der Waals surface area contributed by atoms with E-state index in [9.17, 15) is 0 Å². The van der Waals surface area contributed by atoms with Crippen molar-refractivity contribution in [1.82, 2.24) is 10.3 Å². The van der Waals surface area contributed by atoms with Crippen LogP contribution < -0.4 is 10.1 Å². The van der Waals surface area contributed by atoms with Gasteiger partial charge in [-0.25, -0.2) is 0 Å². The van der Waals surface area contributed by atoms with E-state index < -0.39 is 0 Å². The first-order valence-corrected chi connectivity index (χ1v) is 6.57. The maximum Gasteiger partial charge on any atom is 0.174 e. The smallest absolute Gasteiger partial charge is 0.174 e. The van der Waals surface area contributed by atoms with E-state index in [4.69, 9.17) is 10.00 Å². The predicted molar refractivity (Wildman–Crippen MR) is 77.2 cm³/mol. The number of nitrogens with zero attached hydrogens (tertiary/aromatic N) is 2. The molecule has 0 bridgehead atoms. The highest BCUT2D eigenvalue weighted by Crippen LogP contribution is 2.11. The second-order valence-corrected chi connectivity index (χ2v) is 4.37. The van der Waals surface area contributed by atoms with Gasteiger partial charge in [0.2, 0.25) is 0 Å². The highest BCUT2D eigenvalue weighted by Gasteiger charge is 1.96. The number of rotatable bonds is 7. The molecule has 0 amide bonds. The Hall–Kier alpha value is -2.38. The van der Waals surface area contributed by atoms with Gasteiger partial charge in [-0.2, -0.15) is 5.26 Å². The van der Waals surface area contributed by atoms with Gasteiger partial charge in [0.1, 0.15) is 11.8 Å². The molecule has 1 aromatic heterocycles. The lowest BCUT2D eigenvalue weighted by Crippen LogP contribution is -2.16. The zero-order valence-electron chi connectivity index (χ0n) is 11.2. The minimum atomic E-state index is 0.0868. The lowest BCUT2D eigenvalue weighted by molar-refractivity contribution is 0.368. The molecule has 4 heteroatoms. The maximum absolute atomic E-state index is 8.43. The number of nitrogens with one attached hydrogen (secondary N) is 1. The number of hydrogen-bond acceptors (Lipinski definition) is 4. The van der Waals surface area contributed by atoms with Gasteiger partial charge in [0, 0.05) is 18.9 Å². The Kier molecular flexibility index (Phi) is 5.56. The van der Waals surface area contributed by atoms with Crippen molar-refractivity contribution in [3.8, 4) is 11.8 Å². The first-order valence-electron chi connectivity index (χ1n) is 6.57. The molecule has 0 aliphatic rings. The van der Waals surface area contributed by atoms with Crippen LogP contribution in [0.3, 0.4) is 0 Å². The number of aromatic nitrogens is 1. The van der Waals surface area contributed by atoms with Crippen LogP contribution in [0.25, 0.3) is 0 Å². The summed E-state index contributed by atoms with van der Waals surface area (Å²) >= 11 is 0. The Morgan fingerprint density at radius 3 is 2.50 bits per heavy atom. The summed E-state index contributed by atoms with van der Waals surface area (Å²) in [7, 11) is 0. The average Bonchev–Trinajstić information content (AvgIpc) is 2.52. The minimum absolute atomic E-state index is 0.0868. The van der Waals surface area contributed by atoms with Gasteiger partial charge in [-0.1, -0.05) is 12.1 Å². The number of benzene rings is 1. The molecule has 102 valence electrons. The fourth-order valence-electron chi connectivity index (χ4n) is 1.83. The molecule has 0 atom stereocenters. The molecule has 4 nitrogen and oxygen atoms in total. The van der Waals surface area contributed by atoms with Crippen LogP contribution in [0.5, 0.6) is 5.75 Å². The zero-order valence-corrected chi connectivity index (χ0v) is 11.2. The summed E-state index contributed by atoms with van der Waals surface area (Å²) in [6.07, 6.45) is 4.62. The van der Waals surface area contributed by atoms with Gasteiger partial charge < -0.3 is 10.1 Å². The van der Waals surface area contributed by atoms with Crippen molar-refractivity contribution in [2.75, 3.05) is 13.2 Å². The van der Waals surface area contributed by atoms with E-state index in [0.717, 1.165) is 25.3 Å². The summed E-state index contributed by atoms with van der Waals surface area (Å²) in [6.45, 7) is 1.84. The highest BCUT2D eigenvalue weighted by molar-refractivity contribution is 5.27. The molecule has 0 aliphatic heterocycles. The van der Waals surface area contributed by atoms with Gasteiger partial charge in [0.05, 0.1) is 0 Å². The van der Waals surface area contributed by atoms with Crippen molar-refractivity contribution >= 4 is 0 Å². The fraction of sp³-hybridized carbons (Fsp3) is 0.250. The molecule has 0 aliphatic carbocycles. The van der Waals surface area contributed by atoms with Crippen molar-refractivity contribution < 1.29 is 4.74 Å². The van der Waals surface area contributed by atoms with Crippen molar-refractivity contribution in [3.63, 3.8) is 0 Å². The van der Waals surface area contributed by atoms with Gasteiger partial charge in [0.25, 0.3) is 0 Å². The zero-order chi connectivity index (χ0) is 14.0. The largest absolute Gasteiger partial charge is 0.479 e. The fourth-order valence-corrected chi connectivity index (χ4v) is 1.83. The third kappa shape index (κ3) is 4.71. The standard InChI is InChI=1S/C16H17N3O/c17-8-12-20-16-3-1-15(2-4-16)13-19-11-7-14-5-9-18-10-6-14/h1-6,9-10,19H,7,11-13H2.